The molecule has 0 fully saturated rings. The Labute approximate surface area is 178 Å². The average Bonchev–Trinajstić information content (AvgIpc) is 3.21. The third kappa shape index (κ3) is 4.31. The van der Waals surface area contributed by atoms with Gasteiger partial charge in [-0.25, -0.2) is 4.79 Å². The lowest BCUT2D eigenvalue weighted by molar-refractivity contribution is -0.117. The molecule has 156 valence electrons. The molecule has 1 heterocycles. The Morgan fingerprint density at radius 3 is 2.45 bits per heavy atom. The molecule has 3 aromatic carbocycles. The topological polar surface area (TPSA) is 121 Å². The van der Waals surface area contributed by atoms with Crippen LogP contribution in [0.15, 0.2) is 72.8 Å². The molecule has 5 N–H and O–H groups in total. The molecule has 1 amide bonds. The molecular formula is C24H22N4O3. The number of rotatable bonds is 7. The molecule has 4 aromatic rings. The van der Waals surface area contributed by atoms with Crippen LogP contribution in [-0.4, -0.2) is 33.7 Å². The number of nitrogens with one attached hydrogen (secondary N) is 2. The summed E-state index contributed by atoms with van der Waals surface area (Å²) in [5, 5.41) is 20.3. The number of carbonyl (C=O) groups is 2. The van der Waals surface area contributed by atoms with Crippen LogP contribution in [0.5, 0.6) is 0 Å². The summed E-state index contributed by atoms with van der Waals surface area (Å²) in [6.07, 6.45) is 0.547. The highest BCUT2D eigenvalue weighted by molar-refractivity contribution is 6.00. The van der Waals surface area contributed by atoms with E-state index in [1.54, 1.807) is 24.3 Å². The van der Waals surface area contributed by atoms with Gasteiger partial charge in [0.1, 0.15) is 0 Å². The Hall–Kier alpha value is -3.97. The van der Waals surface area contributed by atoms with Crippen LogP contribution in [-0.2, 0) is 4.79 Å². The monoisotopic (exact) mass is 414 g/mol. The van der Waals surface area contributed by atoms with Crippen molar-refractivity contribution in [3.05, 3.63) is 83.9 Å². The highest BCUT2D eigenvalue weighted by Crippen LogP contribution is 2.29. The van der Waals surface area contributed by atoms with Crippen molar-refractivity contribution in [3.63, 3.8) is 0 Å². The molecule has 0 saturated heterocycles. The number of anilines is 1. The maximum atomic E-state index is 13.0. The number of H-pyrrole nitrogens is 1. The molecule has 7 nitrogen and oxygen atoms in total. The predicted molar refractivity (Wildman–Crippen MR) is 120 cm³/mol. The summed E-state index contributed by atoms with van der Waals surface area (Å²) in [5.74, 6) is -1.44. The van der Waals surface area contributed by atoms with E-state index in [-0.39, 0.29) is 17.4 Å². The van der Waals surface area contributed by atoms with Gasteiger partial charge >= 0.3 is 5.97 Å². The zero-order chi connectivity index (χ0) is 21.8. The lowest BCUT2D eigenvalue weighted by atomic mass is 9.94. The van der Waals surface area contributed by atoms with Gasteiger partial charge in [-0.3, -0.25) is 9.89 Å². The minimum absolute atomic E-state index is 0.119. The molecule has 0 saturated carbocycles. The number of aromatic carboxylic acids is 1. The largest absolute Gasteiger partial charge is 0.478 e. The lowest BCUT2D eigenvalue weighted by Crippen LogP contribution is -2.23. The Morgan fingerprint density at radius 1 is 1.03 bits per heavy atom. The number of hydrogen-bond acceptors (Lipinski definition) is 4. The fourth-order valence-electron chi connectivity index (χ4n) is 3.61. The van der Waals surface area contributed by atoms with Gasteiger partial charge in [0.2, 0.25) is 5.91 Å². The second kappa shape index (κ2) is 8.81. The zero-order valence-corrected chi connectivity index (χ0v) is 16.7. The van der Waals surface area contributed by atoms with E-state index in [1.807, 2.05) is 48.5 Å². The number of aromatic nitrogens is 2. The molecule has 0 radical (unpaired) electrons. The first-order chi connectivity index (χ1) is 15.1. The van der Waals surface area contributed by atoms with Crippen molar-refractivity contribution in [1.82, 2.24) is 10.2 Å². The van der Waals surface area contributed by atoms with E-state index in [9.17, 15) is 9.59 Å². The first-order valence-electron chi connectivity index (χ1n) is 9.94. The molecule has 0 aliphatic carbocycles. The summed E-state index contributed by atoms with van der Waals surface area (Å²) < 4.78 is 0. The molecule has 0 spiro atoms. The Morgan fingerprint density at radius 2 is 1.77 bits per heavy atom. The molecule has 1 atom stereocenters. The smallest absolute Gasteiger partial charge is 0.335 e. The molecule has 0 unspecified atom stereocenters. The summed E-state index contributed by atoms with van der Waals surface area (Å²) in [6.45, 7) is 0.407. The number of nitrogens with two attached hydrogens (primary N) is 1. The Kier molecular flexibility index (Phi) is 5.77. The van der Waals surface area contributed by atoms with Crippen molar-refractivity contribution < 1.29 is 14.7 Å². The maximum Gasteiger partial charge on any atom is 0.335 e. The zero-order valence-electron chi connectivity index (χ0n) is 16.7. The third-order valence-electron chi connectivity index (χ3n) is 5.21. The SMILES string of the molecule is NCC[C@H](C(=O)Nc1ccc2[nH]nc(-c3ccc(C(=O)O)cc3)c2c1)c1ccccc1. The number of fused-ring (bicyclic) bond motifs is 1. The van der Waals surface area contributed by atoms with Crippen molar-refractivity contribution in [2.45, 2.75) is 12.3 Å². The van der Waals surface area contributed by atoms with Crippen molar-refractivity contribution in [2.75, 3.05) is 11.9 Å². The fourth-order valence-corrected chi connectivity index (χ4v) is 3.61. The summed E-state index contributed by atoms with van der Waals surface area (Å²) in [4.78, 5) is 24.1. The summed E-state index contributed by atoms with van der Waals surface area (Å²) >= 11 is 0. The van der Waals surface area contributed by atoms with Gasteiger partial charge in [0, 0.05) is 16.6 Å². The van der Waals surface area contributed by atoms with E-state index in [0.29, 0.717) is 24.3 Å². The van der Waals surface area contributed by atoms with E-state index in [1.165, 1.54) is 0 Å². The van der Waals surface area contributed by atoms with Gasteiger partial charge in [-0.2, -0.15) is 5.10 Å². The van der Waals surface area contributed by atoms with E-state index in [0.717, 1.165) is 22.0 Å². The summed E-state index contributed by atoms with van der Waals surface area (Å²) in [6, 6.07) is 21.6. The third-order valence-corrected chi connectivity index (χ3v) is 5.21. The van der Waals surface area contributed by atoms with Crippen molar-refractivity contribution >= 4 is 28.5 Å². The van der Waals surface area contributed by atoms with E-state index < -0.39 is 5.97 Å². The minimum Gasteiger partial charge on any atom is -0.478 e. The van der Waals surface area contributed by atoms with Gasteiger partial charge in [0.05, 0.1) is 22.7 Å². The van der Waals surface area contributed by atoms with E-state index in [2.05, 4.69) is 15.5 Å². The van der Waals surface area contributed by atoms with Gasteiger partial charge in [-0.05, 0) is 48.9 Å². The second-order valence-electron chi connectivity index (χ2n) is 7.24. The summed E-state index contributed by atoms with van der Waals surface area (Å²) in [7, 11) is 0. The fraction of sp³-hybridized carbons (Fsp3) is 0.125. The van der Waals surface area contributed by atoms with Crippen LogP contribution in [0.2, 0.25) is 0 Å². The molecular weight excluding hydrogens is 392 g/mol. The van der Waals surface area contributed by atoms with Crippen LogP contribution in [0.3, 0.4) is 0 Å². The molecule has 4 rings (SSSR count). The van der Waals surface area contributed by atoms with Gasteiger partial charge in [-0.1, -0.05) is 42.5 Å². The molecule has 0 aliphatic rings. The van der Waals surface area contributed by atoms with Crippen LogP contribution in [0.25, 0.3) is 22.2 Å². The number of benzene rings is 3. The van der Waals surface area contributed by atoms with Crippen molar-refractivity contribution in [1.29, 1.82) is 0 Å². The number of carbonyl (C=O) groups excluding carboxylic acids is 1. The number of amides is 1. The number of aromatic amines is 1. The minimum atomic E-state index is -0.978. The second-order valence-corrected chi connectivity index (χ2v) is 7.24. The first-order valence-corrected chi connectivity index (χ1v) is 9.94. The van der Waals surface area contributed by atoms with Gasteiger partial charge in [0.25, 0.3) is 0 Å². The van der Waals surface area contributed by atoms with E-state index in [4.69, 9.17) is 10.8 Å². The predicted octanol–water partition coefficient (Wildman–Crippen LogP) is 4.00. The number of nitrogens with zero attached hydrogens (tertiary/aromatic N) is 1. The number of carboxylic acids is 1. The molecule has 0 aliphatic heterocycles. The van der Waals surface area contributed by atoms with Gasteiger partial charge < -0.3 is 16.2 Å². The lowest BCUT2D eigenvalue weighted by Gasteiger charge is -2.16. The molecule has 31 heavy (non-hydrogen) atoms. The Bertz CT molecular complexity index is 1220. The number of hydrogen-bond donors (Lipinski definition) is 4. The van der Waals surface area contributed by atoms with Gasteiger partial charge in [0.15, 0.2) is 0 Å². The van der Waals surface area contributed by atoms with Crippen LogP contribution in [0, 0.1) is 0 Å². The van der Waals surface area contributed by atoms with Crippen molar-refractivity contribution in [3.8, 4) is 11.3 Å². The normalized spacial score (nSPS) is 11.9. The van der Waals surface area contributed by atoms with Crippen LogP contribution < -0.4 is 11.1 Å². The van der Waals surface area contributed by atoms with Gasteiger partial charge in [-0.15, -0.1) is 0 Å². The first kappa shape index (κ1) is 20.3. The average molecular weight is 414 g/mol. The maximum absolute atomic E-state index is 13.0. The molecule has 0 bridgehead atoms. The van der Waals surface area contributed by atoms with Crippen LogP contribution >= 0.6 is 0 Å². The summed E-state index contributed by atoms with van der Waals surface area (Å²) in [5.41, 5.74) is 9.82. The van der Waals surface area contributed by atoms with Crippen molar-refractivity contribution in [2.24, 2.45) is 5.73 Å². The van der Waals surface area contributed by atoms with Crippen LogP contribution in [0.1, 0.15) is 28.3 Å². The standard InChI is InChI=1S/C24H22N4O3/c25-13-12-19(15-4-2-1-3-5-15)23(29)26-18-10-11-21-20(14-18)22(28-27-21)16-6-8-17(9-7-16)24(30)31/h1-11,14,19H,12-13,25H2,(H,26,29)(H,27,28)(H,30,31)/t19-/m0/s1. The quantitative estimate of drug-likeness (QED) is 0.364. The van der Waals surface area contributed by atoms with Crippen LogP contribution in [0.4, 0.5) is 5.69 Å². The van der Waals surface area contributed by atoms with E-state index >= 15 is 0 Å². The highest BCUT2D eigenvalue weighted by atomic mass is 16.4. The molecule has 1 aromatic heterocycles. The Balaban J connectivity index is 1.62. The number of carboxylic acid groups (broad SMARTS) is 1. The molecule has 7 heteroatoms. The highest BCUT2D eigenvalue weighted by Gasteiger charge is 2.20.